The van der Waals surface area contributed by atoms with Crippen LogP contribution in [0.2, 0.25) is 0 Å². The number of ether oxygens (including phenoxy) is 1. The molecule has 0 N–H and O–H groups in total. The Morgan fingerprint density at radius 2 is 1.93 bits per heavy atom. The lowest BCUT2D eigenvalue weighted by Crippen LogP contribution is -2.35. The van der Waals surface area contributed by atoms with E-state index in [9.17, 15) is 4.79 Å². The lowest BCUT2D eigenvalue weighted by molar-refractivity contribution is -0.123. The third-order valence-corrected chi connectivity index (χ3v) is 8.35. The van der Waals surface area contributed by atoms with Crippen molar-refractivity contribution in [2.45, 2.75) is 46.6 Å². The van der Waals surface area contributed by atoms with E-state index in [1.54, 1.807) is 4.90 Å². The van der Waals surface area contributed by atoms with Gasteiger partial charge in [-0.3, -0.25) is 9.69 Å². The van der Waals surface area contributed by atoms with Gasteiger partial charge in [0.25, 0.3) is 5.91 Å². The molecule has 7 heteroatoms. The summed E-state index contributed by atoms with van der Waals surface area (Å²) in [6, 6.07) is 6.50. The van der Waals surface area contributed by atoms with Crippen molar-refractivity contribution in [2.24, 2.45) is 0 Å². The maximum absolute atomic E-state index is 13.0. The van der Waals surface area contributed by atoms with E-state index in [0.29, 0.717) is 15.8 Å². The molecule has 4 rings (SSSR count). The number of halogens is 1. The SMILES string of the molecule is Cc1cc(-n2c(C)cc(/C=C3\SC(=S)N(C[C@@H]4CCCO4)C3=O)c2C)cc(C)c1Br. The molecule has 0 spiro atoms. The van der Waals surface area contributed by atoms with Crippen molar-refractivity contribution in [2.75, 3.05) is 13.2 Å². The molecule has 0 aliphatic carbocycles. The first-order valence-electron chi connectivity index (χ1n) is 10.1. The minimum absolute atomic E-state index is 0.0133. The Kier molecular flexibility index (Phi) is 6.26. The molecule has 2 aliphatic rings. The average molecular weight is 506 g/mol. The van der Waals surface area contributed by atoms with E-state index in [0.717, 1.165) is 46.6 Å². The second-order valence-electron chi connectivity index (χ2n) is 7.98. The van der Waals surface area contributed by atoms with Gasteiger partial charge in [0.2, 0.25) is 0 Å². The molecule has 3 heterocycles. The quantitative estimate of drug-likeness (QED) is 0.386. The van der Waals surface area contributed by atoms with Gasteiger partial charge in [0.1, 0.15) is 4.32 Å². The van der Waals surface area contributed by atoms with Gasteiger partial charge in [0, 0.05) is 28.2 Å². The summed E-state index contributed by atoms with van der Waals surface area (Å²) in [6.07, 6.45) is 4.12. The van der Waals surface area contributed by atoms with E-state index < -0.39 is 0 Å². The van der Waals surface area contributed by atoms with Crippen molar-refractivity contribution in [3.8, 4) is 5.69 Å². The van der Waals surface area contributed by atoms with Crippen LogP contribution in [-0.4, -0.2) is 39.0 Å². The lowest BCUT2D eigenvalue weighted by Gasteiger charge is -2.18. The topological polar surface area (TPSA) is 34.5 Å². The number of hydrogen-bond acceptors (Lipinski definition) is 4. The van der Waals surface area contributed by atoms with Crippen molar-refractivity contribution in [3.05, 3.63) is 55.7 Å². The van der Waals surface area contributed by atoms with E-state index in [4.69, 9.17) is 17.0 Å². The Hall–Kier alpha value is -1.41. The van der Waals surface area contributed by atoms with Crippen LogP contribution in [0.25, 0.3) is 11.8 Å². The van der Waals surface area contributed by atoms with Gasteiger partial charge < -0.3 is 9.30 Å². The summed E-state index contributed by atoms with van der Waals surface area (Å²) in [6.45, 7) is 9.73. The molecular weight excluding hydrogens is 480 g/mol. The van der Waals surface area contributed by atoms with Gasteiger partial charge in [-0.1, -0.05) is 39.9 Å². The highest BCUT2D eigenvalue weighted by Gasteiger charge is 2.34. The first kappa shape index (κ1) is 21.8. The fourth-order valence-corrected chi connectivity index (χ4v) is 5.67. The number of thiocarbonyl (C=S) groups is 1. The molecule has 0 unspecified atom stereocenters. The smallest absolute Gasteiger partial charge is 0.266 e. The Bertz CT molecular complexity index is 1040. The zero-order valence-electron chi connectivity index (χ0n) is 17.6. The van der Waals surface area contributed by atoms with Gasteiger partial charge in [-0.2, -0.15) is 0 Å². The summed E-state index contributed by atoms with van der Waals surface area (Å²) in [7, 11) is 0. The van der Waals surface area contributed by atoms with Gasteiger partial charge in [0.05, 0.1) is 17.6 Å². The molecule has 158 valence electrons. The van der Waals surface area contributed by atoms with E-state index >= 15 is 0 Å². The Morgan fingerprint density at radius 1 is 1.23 bits per heavy atom. The first-order chi connectivity index (χ1) is 14.3. The van der Waals surface area contributed by atoms with Crippen molar-refractivity contribution in [1.29, 1.82) is 0 Å². The molecule has 2 fully saturated rings. The Labute approximate surface area is 195 Å². The summed E-state index contributed by atoms with van der Waals surface area (Å²) < 4.78 is 9.69. The molecule has 2 aliphatic heterocycles. The number of carbonyl (C=O) groups is 1. The van der Waals surface area contributed by atoms with Crippen LogP contribution in [-0.2, 0) is 9.53 Å². The largest absolute Gasteiger partial charge is 0.376 e. The van der Waals surface area contributed by atoms with Crippen LogP contribution in [0.3, 0.4) is 0 Å². The summed E-state index contributed by atoms with van der Waals surface area (Å²) >= 11 is 10.5. The predicted molar refractivity (Wildman–Crippen MR) is 131 cm³/mol. The minimum atomic E-state index is -0.0133. The summed E-state index contributed by atoms with van der Waals surface area (Å²) in [5, 5.41) is 0. The molecule has 1 aromatic heterocycles. The average Bonchev–Trinajstić information content (AvgIpc) is 3.36. The summed E-state index contributed by atoms with van der Waals surface area (Å²) in [4.78, 5) is 15.4. The molecule has 30 heavy (non-hydrogen) atoms. The van der Waals surface area contributed by atoms with Crippen molar-refractivity contribution < 1.29 is 9.53 Å². The number of rotatable bonds is 4. The second-order valence-corrected chi connectivity index (χ2v) is 10.5. The van der Waals surface area contributed by atoms with Crippen molar-refractivity contribution in [3.63, 3.8) is 0 Å². The zero-order valence-corrected chi connectivity index (χ0v) is 20.8. The van der Waals surface area contributed by atoms with E-state index in [2.05, 4.69) is 66.4 Å². The van der Waals surface area contributed by atoms with E-state index in [-0.39, 0.29) is 12.0 Å². The molecule has 0 bridgehead atoms. The van der Waals surface area contributed by atoms with E-state index in [1.807, 2.05) is 6.08 Å². The molecule has 4 nitrogen and oxygen atoms in total. The number of amides is 1. The molecular formula is C23H25BrN2O2S2. The van der Waals surface area contributed by atoms with Crippen molar-refractivity contribution >= 4 is 56.2 Å². The standard InChI is InChI=1S/C23H25BrN2O2S2/c1-13-8-18(9-14(2)21(13)24)26-15(3)10-17(16(26)4)11-20-22(27)25(23(29)30-20)12-19-6-5-7-28-19/h8-11,19H,5-7,12H2,1-4H3/b20-11-/t19-/m0/s1. The molecule has 0 radical (unpaired) electrons. The third-order valence-electron chi connectivity index (χ3n) is 5.72. The number of aromatic nitrogens is 1. The Morgan fingerprint density at radius 3 is 2.57 bits per heavy atom. The molecule has 1 atom stereocenters. The van der Waals surface area contributed by atoms with Crippen LogP contribution < -0.4 is 0 Å². The van der Waals surface area contributed by atoms with Gasteiger partial charge in [-0.15, -0.1) is 0 Å². The number of aryl methyl sites for hydroxylation is 3. The van der Waals surface area contributed by atoms with Crippen LogP contribution in [0.5, 0.6) is 0 Å². The van der Waals surface area contributed by atoms with Gasteiger partial charge in [-0.05, 0) is 81.5 Å². The summed E-state index contributed by atoms with van der Waals surface area (Å²) in [5.74, 6) is -0.0133. The second kappa shape index (κ2) is 8.61. The maximum Gasteiger partial charge on any atom is 0.266 e. The molecule has 1 aromatic carbocycles. The normalized spacial score (nSPS) is 20.8. The predicted octanol–water partition coefficient (Wildman–Crippen LogP) is 5.85. The van der Waals surface area contributed by atoms with Crippen LogP contribution in [0.1, 0.15) is 40.9 Å². The molecule has 0 saturated carbocycles. The molecule has 1 amide bonds. The first-order valence-corrected chi connectivity index (χ1v) is 12.1. The fraction of sp³-hybridized carbons (Fsp3) is 0.391. The number of hydrogen-bond donors (Lipinski definition) is 0. The van der Waals surface area contributed by atoms with Crippen LogP contribution in [0.4, 0.5) is 0 Å². The van der Waals surface area contributed by atoms with Crippen LogP contribution in [0, 0.1) is 27.7 Å². The maximum atomic E-state index is 13.0. The zero-order chi connectivity index (χ0) is 21.6. The van der Waals surface area contributed by atoms with Gasteiger partial charge in [-0.25, -0.2) is 0 Å². The highest BCUT2D eigenvalue weighted by atomic mass is 79.9. The van der Waals surface area contributed by atoms with Crippen molar-refractivity contribution in [1.82, 2.24) is 9.47 Å². The molecule has 2 aromatic rings. The highest BCUT2D eigenvalue weighted by Crippen LogP contribution is 2.35. The molecule has 2 saturated heterocycles. The highest BCUT2D eigenvalue weighted by molar-refractivity contribution is 9.10. The number of nitrogens with zero attached hydrogens (tertiary/aromatic N) is 2. The van der Waals surface area contributed by atoms with Crippen LogP contribution in [0.15, 0.2) is 27.6 Å². The summed E-state index contributed by atoms with van der Waals surface area (Å²) in [5.41, 5.74) is 6.83. The third kappa shape index (κ3) is 4.05. The van der Waals surface area contributed by atoms with Crippen LogP contribution >= 0.6 is 39.9 Å². The number of thioether (sulfide) groups is 1. The fourth-order valence-electron chi connectivity index (χ4n) is 4.17. The monoisotopic (exact) mass is 504 g/mol. The number of carbonyl (C=O) groups excluding carboxylic acids is 1. The van der Waals surface area contributed by atoms with Gasteiger partial charge >= 0.3 is 0 Å². The number of benzene rings is 1. The van der Waals surface area contributed by atoms with Gasteiger partial charge in [0.15, 0.2) is 0 Å². The van der Waals surface area contributed by atoms with E-state index in [1.165, 1.54) is 22.9 Å². The minimum Gasteiger partial charge on any atom is -0.376 e. The Balaban J connectivity index is 1.64. The lowest BCUT2D eigenvalue weighted by atomic mass is 10.1.